The Morgan fingerprint density at radius 1 is 1.07 bits per heavy atom. The number of hydrogen-bond acceptors (Lipinski definition) is 6. The average Bonchev–Trinajstić information content (AvgIpc) is 2.97. The molecule has 4 amide bonds. The van der Waals surface area contributed by atoms with E-state index in [2.05, 4.69) is 10.6 Å². The molecule has 0 aliphatic carbocycles. The number of rotatable bonds is 6. The molecule has 0 saturated carbocycles. The van der Waals surface area contributed by atoms with Gasteiger partial charge in [0.15, 0.2) is 0 Å². The third kappa shape index (κ3) is 9.25. The van der Waals surface area contributed by atoms with Gasteiger partial charge in [-0.3, -0.25) is 19.2 Å². The van der Waals surface area contributed by atoms with Crippen LogP contribution in [0, 0.1) is 5.82 Å². The van der Waals surface area contributed by atoms with Crippen LogP contribution in [0.5, 0.6) is 5.75 Å². The number of amides is 4. The van der Waals surface area contributed by atoms with E-state index in [-0.39, 0.29) is 42.9 Å². The first-order chi connectivity index (χ1) is 20.7. The smallest absolute Gasteiger partial charge is 0.245 e. The minimum atomic E-state index is -0.970. The molecular formula is C33H46FN5O5. The highest BCUT2D eigenvalue weighted by Gasteiger charge is 2.36. The predicted octanol–water partition coefficient (Wildman–Crippen LogP) is 2.40. The summed E-state index contributed by atoms with van der Waals surface area (Å²) in [6.45, 7) is 6.42. The Hall–Kier alpha value is -3.99. The fourth-order valence-electron chi connectivity index (χ4n) is 5.38. The number of nitrogens with zero attached hydrogens (tertiary/aromatic N) is 2. The van der Waals surface area contributed by atoms with Crippen LogP contribution in [0.1, 0.15) is 63.1 Å². The molecule has 1 aliphatic heterocycles. The summed E-state index contributed by atoms with van der Waals surface area (Å²) in [5.74, 6) is -1.74. The normalized spacial score (nSPS) is 19.9. The fraction of sp³-hybridized carbons (Fsp3) is 0.515. The molecule has 1 heterocycles. The number of likely N-dealkylation sites (N-methyl/N-ethyl adjacent to an activating group) is 2. The van der Waals surface area contributed by atoms with E-state index in [0.717, 1.165) is 5.56 Å². The second-order valence-electron chi connectivity index (χ2n) is 12.6. The molecular weight excluding hydrogens is 565 g/mol. The van der Waals surface area contributed by atoms with Crippen LogP contribution in [0.3, 0.4) is 0 Å². The van der Waals surface area contributed by atoms with E-state index in [4.69, 9.17) is 5.73 Å². The zero-order valence-electron chi connectivity index (χ0n) is 26.4. The summed E-state index contributed by atoms with van der Waals surface area (Å²) in [6.07, 6.45) is 1.86. The number of carbonyl (C=O) groups excluding carboxylic acids is 4. The largest absolute Gasteiger partial charge is 0.508 e. The Balaban J connectivity index is 1.91. The van der Waals surface area contributed by atoms with Crippen molar-refractivity contribution in [2.75, 3.05) is 27.2 Å². The van der Waals surface area contributed by atoms with Crippen LogP contribution in [0.2, 0.25) is 0 Å². The van der Waals surface area contributed by atoms with Crippen LogP contribution in [0.4, 0.5) is 4.39 Å². The van der Waals surface area contributed by atoms with Crippen LogP contribution in [-0.4, -0.2) is 83.8 Å². The molecule has 1 saturated heterocycles. The van der Waals surface area contributed by atoms with Gasteiger partial charge in [0.05, 0.1) is 6.04 Å². The molecule has 1 aliphatic rings. The van der Waals surface area contributed by atoms with Crippen LogP contribution in [-0.2, 0) is 37.4 Å². The number of benzene rings is 2. The third-order valence-corrected chi connectivity index (χ3v) is 8.08. The topological polar surface area (TPSA) is 145 Å². The number of phenols is 1. The molecule has 11 heteroatoms. The Morgan fingerprint density at radius 2 is 1.73 bits per heavy atom. The first-order valence-corrected chi connectivity index (χ1v) is 15.1. The number of halogens is 1. The van der Waals surface area contributed by atoms with E-state index >= 15 is 0 Å². The van der Waals surface area contributed by atoms with Crippen molar-refractivity contribution in [2.45, 2.75) is 82.8 Å². The van der Waals surface area contributed by atoms with Crippen molar-refractivity contribution in [3.8, 4) is 5.75 Å². The fourth-order valence-corrected chi connectivity index (χ4v) is 5.38. The summed E-state index contributed by atoms with van der Waals surface area (Å²) in [5, 5.41) is 16.1. The molecule has 2 aromatic rings. The van der Waals surface area contributed by atoms with Gasteiger partial charge in [0, 0.05) is 40.0 Å². The molecule has 1 fully saturated rings. The lowest BCUT2D eigenvalue weighted by Gasteiger charge is -2.35. The lowest BCUT2D eigenvalue weighted by atomic mass is 9.84. The van der Waals surface area contributed by atoms with Crippen molar-refractivity contribution in [3.05, 3.63) is 65.0 Å². The zero-order chi connectivity index (χ0) is 32.6. The SMILES string of the molecule is CN1C(=O)[C@@H](N(C)C(=O)[C@@H](N)Cc2ccc(F)cc2)CCCCNC(=O)CCNC(=O)C1Cc1ccc(O)c(C(C)(C)C)c1. The summed E-state index contributed by atoms with van der Waals surface area (Å²) < 4.78 is 13.4. The van der Waals surface area contributed by atoms with E-state index in [1.807, 2.05) is 26.8 Å². The molecule has 44 heavy (non-hydrogen) atoms. The minimum Gasteiger partial charge on any atom is -0.508 e. The van der Waals surface area contributed by atoms with Gasteiger partial charge in [-0.05, 0) is 66.0 Å². The Kier molecular flexibility index (Phi) is 11.9. The van der Waals surface area contributed by atoms with Gasteiger partial charge in [0.25, 0.3) is 0 Å². The van der Waals surface area contributed by atoms with Crippen molar-refractivity contribution in [2.24, 2.45) is 5.73 Å². The summed E-state index contributed by atoms with van der Waals surface area (Å²) in [7, 11) is 3.07. The van der Waals surface area contributed by atoms with E-state index in [0.29, 0.717) is 36.9 Å². The highest BCUT2D eigenvalue weighted by molar-refractivity contribution is 5.93. The third-order valence-electron chi connectivity index (χ3n) is 8.08. The van der Waals surface area contributed by atoms with E-state index in [1.54, 1.807) is 31.3 Å². The molecule has 0 spiro atoms. The van der Waals surface area contributed by atoms with Crippen LogP contribution in [0.15, 0.2) is 42.5 Å². The molecule has 0 bridgehead atoms. The Morgan fingerprint density at radius 3 is 2.39 bits per heavy atom. The highest BCUT2D eigenvalue weighted by atomic mass is 19.1. The van der Waals surface area contributed by atoms with Crippen molar-refractivity contribution in [1.29, 1.82) is 0 Å². The molecule has 3 rings (SSSR count). The molecule has 2 aromatic carbocycles. The van der Waals surface area contributed by atoms with Crippen molar-refractivity contribution in [1.82, 2.24) is 20.4 Å². The van der Waals surface area contributed by atoms with Crippen molar-refractivity contribution in [3.63, 3.8) is 0 Å². The quantitative estimate of drug-likeness (QED) is 0.395. The second kappa shape index (κ2) is 15.1. The summed E-state index contributed by atoms with van der Waals surface area (Å²) >= 11 is 0. The lowest BCUT2D eigenvalue weighted by molar-refractivity contribution is -0.148. The van der Waals surface area contributed by atoms with Gasteiger partial charge in [0.2, 0.25) is 23.6 Å². The standard InChI is InChI=1S/C33H46FN5O5/c1-33(2,3)24-18-22(11-14-28(24)40)20-27-30(42)37-17-15-29(41)36-16-7-6-8-26(32(44)39(27)5)38(4)31(43)25(35)19-21-9-12-23(34)13-10-21/h9-14,18,25-27,40H,6-8,15-17,19-20,35H2,1-5H3,(H,36,41)(H,37,42)/t25-,26-,27?/m0/s1. The van der Waals surface area contributed by atoms with Gasteiger partial charge in [-0.1, -0.05) is 45.0 Å². The summed E-state index contributed by atoms with van der Waals surface area (Å²) in [4.78, 5) is 56.1. The molecule has 240 valence electrons. The number of aromatic hydroxyl groups is 1. The van der Waals surface area contributed by atoms with E-state index in [1.165, 1.54) is 29.0 Å². The number of carbonyl (C=O) groups is 4. The molecule has 0 aromatic heterocycles. The van der Waals surface area contributed by atoms with Gasteiger partial charge in [0.1, 0.15) is 23.7 Å². The molecule has 0 radical (unpaired) electrons. The average molecular weight is 612 g/mol. The van der Waals surface area contributed by atoms with E-state index in [9.17, 15) is 28.7 Å². The molecule has 1 unspecified atom stereocenters. The van der Waals surface area contributed by atoms with Crippen LogP contribution >= 0.6 is 0 Å². The molecule has 10 nitrogen and oxygen atoms in total. The van der Waals surface area contributed by atoms with Gasteiger partial charge in [-0.25, -0.2) is 4.39 Å². The number of nitrogens with two attached hydrogens (primary N) is 1. The molecule has 5 N–H and O–H groups in total. The highest BCUT2D eigenvalue weighted by Crippen LogP contribution is 2.32. The van der Waals surface area contributed by atoms with Gasteiger partial charge in [-0.2, -0.15) is 0 Å². The predicted molar refractivity (Wildman–Crippen MR) is 166 cm³/mol. The zero-order valence-corrected chi connectivity index (χ0v) is 26.4. The first-order valence-electron chi connectivity index (χ1n) is 15.1. The summed E-state index contributed by atoms with van der Waals surface area (Å²) in [5.41, 5.74) is 8.05. The van der Waals surface area contributed by atoms with Crippen molar-refractivity contribution >= 4 is 23.6 Å². The maximum atomic E-state index is 14.1. The van der Waals surface area contributed by atoms with Crippen molar-refractivity contribution < 1.29 is 28.7 Å². The van der Waals surface area contributed by atoms with Crippen LogP contribution < -0.4 is 16.4 Å². The Labute approximate surface area is 259 Å². The summed E-state index contributed by atoms with van der Waals surface area (Å²) in [6, 6.07) is 8.03. The van der Waals surface area contributed by atoms with Gasteiger partial charge in [-0.15, -0.1) is 0 Å². The van der Waals surface area contributed by atoms with Gasteiger partial charge >= 0.3 is 0 Å². The van der Waals surface area contributed by atoms with Crippen LogP contribution in [0.25, 0.3) is 0 Å². The molecule has 3 atom stereocenters. The monoisotopic (exact) mass is 611 g/mol. The minimum absolute atomic E-state index is 0.103. The lowest BCUT2D eigenvalue weighted by Crippen LogP contribution is -2.57. The van der Waals surface area contributed by atoms with E-state index < -0.39 is 41.7 Å². The number of nitrogens with one attached hydrogen (secondary N) is 2. The Bertz CT molecular complexity index is 1330. The second-order valence-corrected chi connectivity index (χ2v) is 12.6. The number of phenolic OH excluding ortho intramolecular Hbond substituents is 1. The van der Waals surface area contributed by atoms with Gasteiger partial charge < -0.3 is 31.3 Å². The maximum Gasteiger partial charge on any atom is 0.245 e. The number of hydrogen-bond donors (Lipinski definition) is 4. The first kappa shape index (κ1) is 34.5. The maximum absolute atomic E-state index is 14.1.